The van der Waals surface area contributed by atoms with Crippen molar-refractivity contribution < 1.29 is 32.2 Å². The van der Waals surface area contributed by atoms with Gasteiger partial charge in [0, 0.05) is 18.1 Å². The fourth-order valence-corrected chi connectivity index (χ4v) is 2.76. The largest absolute Gasteiger partial charge is 0.573 e. The van der Waals surface area contributed by atoms with Crippen molar-refractivity contribution in [3.8, 4) is 22.6 Å². The lowest BCUT2D eigenvalue weighted by Crippen LogP contribution is -2.16. The van der Waals surface area contributed by atoms with Crippen LogP contribution >= 0.6 is 0 Å². The zero-order valence-corrected chi connectivity index (χ0v) is 14.1. The quantitative estimate of drug-likeness (QED) is 0.377. The van der Waals surface area contributed by atoms with Gasteiger partial charge in [-0.25, -0.2) is 4.79 Å². The lowest BCUT2D eigenvalue weighted by atomic mass is 10.0. The molecule has 0 saturated carbocycles. The zero-order chi connectivity index (χ0) is 19.6. The van der Waals surface area contributed by atoms with Gasteiger partial charge in [0.05, 0.1) is 5.52 Å². The highest BCUT2D eigenvalue weighted by atomic mass is 19.4. The first-order chi connectivity index (χ1) is 12.8. The van der Waals surface area contributed by atoms with Crippen molar-refractivity contribution in [2.45, 2.75) is 19.8 Å². The second kappa shape index (κ2) is 7.14. The number of carbonyl (C=O) groups is 2. The van der Waals surface area contributed by atoms with Crippen molar-refractivity contribution in [1.29, 1.82) is 0 Å². The van der Waals surface area contributed by atoms with Gasteiger partial charge in [-0.2, -0.15) is 0 Å². The maximum Gasteiger partial charge on any atom is 0.573 e. The molecule has 8 heteroatoms. The number of ether oxygens (including phenoxy) is 2. The molecule has 0 spiro atoms. The van der Waals surface area contributed by atoms with Gasteiger partial charge in [-0.3, -0.25) is 4.79 Å². The van der Waals surface area contributed by atoms with E-state index < -0.39 is 12.3 Å². The van der Waals surface area contributed by atoms with E-state index in [4.69, 9.17) is 4.74 Å². The van der Waals surface area contributed by atoms with E-state index >= 15 is 0 Å². The minimum atomic E-state index is -4.74. The zero-order valence-electron chi connectivity index (χ0n) is 14.1. The number of esters is 1. The summed E-state index contributed by atoms with van der Waals surface area (Å²) in [7, 11) is 0. The van der Waals surface area contributed by atoms with Gasteiger partial charge in [-0.15, -0.1) is 13.2 Å². The summed E-state index contributed by atoms with van der Waals surface area (Å²) in [6.45, 7) is 2.50. The second-order valence-electron chi connectivity index (χ2n) is 5.62. The molecule has 0 bridgehead atoms. The van der Waals surface area contributed by atoms with E-state index in [0.717, 1.165) is 11.1 Å². The number of rotatable bonds is 5. The highest BCUT2D eigenvalue weighted by molar-refractivity contribution is 6.21. The first-order valence-electron chi connectivity index (χ1n) is 7.97. The number of fused-ring (bicyclic) bond motifs is 1. The molecule has 27 heavy (non-hydrogen) atoms. The number of carbonyl (C=O) groups excluding carboxylic acids is 2. The highest BCUT2D eigenvalue weighted by Crippen LogP contribution is 2.33. The number of aryl methyl sites for hydroxylation is 1. The standard InChI is InChI=1S/C19H14F3NO4/c1-2-23-10-17(26-18(25)11-24)15-8-5-13(9-16(15)23)12-3-6-14(7-4-12)27-19(20,21)22/h3-11H,2H2,1H3. The Balaban J connectivity index is 1.96. The van der Waals surface area contributed by atoms with Crippen molar-refractivity contribution in [3.05, 3.63) is 48.7 Å². The molecule has 5 nitrogen and oxygen atoms in total. The minimum Gasteiger partial charge on any atom is -0.419 e. The smallest absolute Gasteiger partial charge is 0.419 e. The third kappa shape index (κ3) is 4.11. The van der Waals surface area contributed by atoms with E-state index in [1.54, 1.807) is 18.3 Å². The summed E-state index contributed by atoms with van der Waals surface area (Å²) in [5.74, 6) is -1.02. The van der Waals surface area contributed by atoms with Gasteiger partial charge < -0.3 is 14.0 Å². The molecule has 0 radical (unpaired) electrons. The maximum atomic E-state index is 12.3. The van der Waals surface area contributed by atoms with E-state index in [1.165, 1.54) is 24.3 Å². The van der Waals surface area contributed by atoms with Crippen molar-refractivity contribution in [2.75, 3.05) is 0 Å². The van der Waals surface area contributed by atoms with Crippen LogP contribution < -0.4 is 9.47 Å². The molecular weight excluding hydrogens is 363 g/mol. The van der Waals surface area contributed by atoms with Crippen LogP contribution in [-0.2, 0) is 16.1 Å². The Morgan fingerprint density at radius 2 is 1.78 bits per heavy atom. The molecule has 0 fully saturated rings. The van der Waals surface area contributed by atoms with E-state index in [1.807, 2.05) is 17.6 Å². The van der Waals surface area contributed by atoms with Crippen LogP contribution in [-0.4, -0.2) is 23.2 Å². The number of hydrogen-bond donors (Lipinski definition) is 0. The lowest BCUT2D eigenvalue weighted by molar-refractivity contribution is -0.274. The predicted octanol–water partition coefficient (Wildman–Crippen LogP) is 4.33. The normalized spacial score (nSPS) is 11.4. The fraction of sp³-hybridized carbons (Fsp3) is 0.158. The topological polar surface area (TPSA) is 57.5 Å². The molecule has 0 amide bonds. The van der Waals surface area contributed by atoms with Crippen LogP contribution in [0.4, 0.5) is 13.2 Å². The number of aromatic nitrogens is 1. The molecule has 140 valence electrons. The first-order valence-corrected chi connectivity index (χ1v) is 7.97. The van der Waals surface area contributed by atoms with Gasteiger partial charge in [-0.1, -0.05) is 18.2 Å². The van der Waals surface area contributed by atoms with Crippen LogP contribution in [0.5, 0.6) is 11.5 Å². The number of benzene rings is 2. The van der Waals surface area contributed by atoms with Crippen molar-refractivity contribution in [1.82, 2.24) is 4.57 Å². The summed E-state index contributed by atoms with van der Waals surface area (Å²) in [4.78, 5) is 21.8. The molecular formula is C19H14F3NO4. The third-order valence-electron chi connectivity index (χ3n) is 3.91. The number of alkyl halides is 3. The van der Waals surface area contributed by atoms with Crippen LogP contribution in [0.25, 0.3) is 22.0 Å². The van der Waals surface area contributed by atoms with Crippen LogP contribution in [0.1, 0.15) is 6.92 Å². The van der Waals surface area contributed by atoms with Gasteiger partial charge in [0.1, 0.15) is 5.75 Å². The maximum absolute atomic E-state index is 12.3. The molecule has 0 N–H and O–H groups in total. The number of hydrogen-bond acceptors (Lipinski definition) is 4. The molecule has 1 heterocycles. The summed E-state index contributed by atoms with van der Waals surface area (Å²) in [6.07, 6.45) is -3.03. The van der Waals surface area contributed by atoms with Crippen molar-refractivity contribution in [3.63, 3.8) is 0 Å². The molecule has 0 aliphatic carbocycles. The summed E-state index contributed by atoms with van der Waals surface area (Å²) >= 11 is 0. The molecule has 0 atom stereocenters. The van der Waals surface area contributed by atoms with E-state index in [2.05, 4.69) is 4.74 Å². The van der Waals surface area contributed by atoms with Gasteiger partial charge >= 0.3 is 12.3 Å². The van der Waals surface area contributed by atoms with Crippen LogP contribution in [0, 0.1) is 0 Å². The Morgan fingerprint density at radius 3 is 2.37 bits per heavy atom. The van der Waals surface area contributed by atoms with Gasteiger partial charge in [0.25, 0.3) is 0 Å². The first kappa shape index (κ1) is 18.5. The number of nitrogens with zero attached hydrogens (tertiary/aromatic N) is 1. The number of aldehydes is 1. The number of halogens is 3. The Hall–Kier alpha value is -3.29. The molecule has 1 aromatic heterocycles. The molecule has 2 aromatic carbocycles. The summed E-state index contributed by atoms with van der Waals surface area (Å²) < 4.78 is 47.5. The van der Waals surface area contributed by atoms with Crippen molar-refractivity contribution in [2.24, 2.45) is 0 Å². The van der Waals surface area contributed by atoms with Gasteiger partial charge in [0.2, 0.25) is 6.29 Å². The van der Waals surface area contributed by atoms with E-state index in [9.17, 15) is 22.8 Å². The second-order valence-corrected chi connectivity index (χ2v) is 5.62. The Kier molecular flexibility index (Phi) is 4.89. The van der Waals surface area contributed by atoms with Crippen LogP contribution in [0.3, 0.4) is 0 Å². The third-order valence-corrected chi connectivity index (χ3v) is 3.91. The van der Waals surface area contributed by atoms with Crippen LogP contribution in [0.15, 0.2) is 48.7 Å². The highest BCUT2D eigenvalue weighted by Gasteiger charge is 2.30. The lowest BCUT2D eigenvalue weighted by Gasteiger charge is -2.10. The Bertz CT molecular complexity index is 991. The van der Waals surface area contributed by atoms with E-state index in [-0.39, 0.29) is 17.8 Å². The van der Waals surface area contributed by atoms with Gasteiger partial charge in [-0.05, 0) is 42.3 Å². The molecule has 0 aliphatic heterocycles. The monoisotopic (exact) mass is 377 g/mol. The molecule has 3 aromatic rings. The summed E-state index contributed by atoms with van der Waals surface area (Å²) in [5.41, 5.74) is 2.23. The van der Waals surface area contributed by atoms with Crippen molar-refractivity contribution >= 4 is 23.2 Å². The minimum absolute atomic E-state index is 0.0913. The molecule has 0 saturated heterocycles. The molecule has 0 aliphatic rings. The summed E-state index contributed by atoms with van der Waals surface area (Å²) in [5, 5.41) is 0.646. The fourth-order valence-electron chi connectivity index (χ4n) is 2.76. The SMILES string of the molecule is CCn1cc(OC(=O)C=O)c2ccc(-c3ccc(OC(F)(F)F)cc3)cc21. The molecule has 0 unspecified atom stereocenters. The molecule has 3 rings (SSSR count). The van der Waals surface area contributed by atoms with E-state index in [0.29, 0.717) is 17.5 Å². The Morgan fingerprint density at radius 1 is 1.11 bits per heavy atom. The average molecular weight is 377 g/mol. The average Bonchev–Trinajstić information content (AvgIpc) is 2.98. The summed E-state index contributed by atoms with van der Waals surface area (Å²) in [6, 6.07) is 10.8. The predicted molar refractivity (Wildman–Crippen MR) is 91.4 cm³/mol. The van der Waals surface area contributed by atoms with Gasteiger partial charge in [0.15, 0.2) is 5.75 Å². The van der Waals surface area contributed by atoms with Crippen LogP contribution in [0.2, 0.25) is 0 Å². The Labute approximate surface area is 151 Å².